The summed E-state index contributed by atoms with van der Waals surface area (Å²) >= 11 is 0. The van der Waals surface area contributed by atoms with Gasteiger partial charge in [0.05, 0.1) is 5.92 Å². The first-order valence-electron chi connectivity index (χ1n) is 9.73. The number of anilines is 1. The number of carbonyl (C=O) groups excluding carboxylic acids is 1. The van der Waals surface area contributed by atoms with Crippen molar-refractivity contribution < 1.29 is 36.2 Å². The van der Waals surface area contributed by atoms with Crippen LogP contribution in [0.15, 0.2) is 48.5 Å². The average Bonchev–Trinajstić information content (AvgIpc) is 2.93. The standard InChI is InChI=1S/C22H21F6NO2/c1-14(15-7-3-2-4-8-15)19(30)29-12-6-5-9-16-13-17(10-11-18(16)29)20(31,21(23,24)25)22(26,27)28/h2-4,7-8,10-11,13-14,31H,5-6,9,12H2,1H3/t14-/m0/s1. The van der Waals surface area contributed by atoms with Gasteiger partial charge in [-0.3, -0.25) is 4.79 Å². The van der Waals surface area contributed by atoms with E-state index in [0.717, 1.165) is 17.7 Å². The van der Waals surface area contributed by atoms with E-state index in [-0.39, 0.29) is 23.6 Å². The van der Waals surface area contributed by atoms with Crippen LogP contribution in [0.1, 0.15) is 42.4 Å². The van der Waals surface area contributed by atoms with Crippen molar-refractivity contribution in [1.29, 1.82) is 0 Å². The van der Waals surface area contributed by atoms with E-state index >= 15 is 0 Å². The highest BCUT2D eigenvalue weighted by molar-refractivity contribution is 5.98. The van der Waals surface area contributed by atoms with Crippen molar-refractivity contribution in [3.63, 3.8) is 0 Å². The number of fused-ring (bicyclic) bond motifs is 1. The summed E-state index contributed by atoms with van der Waals surface area (Å²) in [5.74, 6) is -0.849. The first-order chi connectivity index (χ1) is 14.4. The Morgan fingerprint density at radius 3 is 2.16 bits per heavy atom. The van der Waals surface area contributed by atoms with Gasteiger partial charge < -0.3 is 10.0 Å². The Hall–Kier alpha value is -2.55. The molecule has 0 unspecified atom stereocenters. The Kier molecular flexibility index (Phi) is 6.10. The zero-order chi connectivity index (χ0) is 23.0. The highest BCUT2D eigenvalue weighted by Crippen LogP contribution is 2.50. The van der Waals surface area contributed by atoms with Gasteiger partial charge in [-0.1, -0.05) is 42.5 Å². The predicted molar refractivity (Wildman–Crippen MR) is 103 cm³/mol. The van der Waals surface area contributed by atoms with Gasteiger partial charge in [-0.25, -0.2) is 0 Å². The highest BCUT2D eigenvalue weighted by Gasteiger charge is 2.71. The molecular formula is C22H21F6NO2. The topological polar surface area (TPSA) is 40.5 Å². The largest absolute Gasteiger partial charge is 0.430 e. The molecule has 0 bridgehead atoms. The number of aryl methyl sites for hydroxylation is 1. The molecule has 1 atom stereocenters. The molecule has 2 aromatic carbocycles. The molecule has 1 aliphatic heterocycles. The molecule has 31 heavy (non-hydrogen) atoms. The van der Waals surface area contributed by atoms with Crippen LogP contribution in [0.5, 0.6) is 0 Å². The van der Waals surface area contributed by atoms with Crippen LogP contribution in [0, 0.1) is 0 Å². The van der Waals surface area contributed by atoms with E-state index in [4.69, 9.17) is 0 Å². The van der Waals surface area contributed by atoms with Gasteiger partial charge in [0.25, 0.3) is 5.60 Å². The van der Waals surface area contributed by atoms with Crippen LogP contribution in [0.2, 0.25) is 0 Å². The lowest BCUT2D eigenvalue weighted by atomic mass is 9.89. The van der Waals surface area contributed by atoms with Crippen LogP contribution in [0.3, 0.4) is 0 Å². The first-order valence-corrected chi connectivity index (χ1v) is 9.73. The van der Waals surface area contributed by atoms with Gasteiger partial charge >= 0.3 is 12.4 Å². The monoisotopic (exact) mass is 445 g/mol. The number of benzene rings is 2. The van der Waals surface area contributed by atoms with Crippen LogP contribution in [0.25, 0.3) is 0 Å². The summed E-state index contributed by atoms with van der Waals surface area (Å²) in [6, 6.07) is 11.3. The van der Waals surface area contributed by atoms with E-state index in [1.165, 1.54) is 4.90 Å². The number of nitrogens with zero attached hydrogens (tertiary/aromatic N) is 1. The normalized spacial score (nSPS) is 16.5. The lowest BCUT2D eigenvalue weighted by molar-refractivity contribution is -0.376. The molecule has 168 valence electrons. The van der Waals surface area contributed by atoms with Crippen molar-refractivity contribution in [2.45, 2.75) is 50.1 Å². The molecule has 1 aliphatic rings. The molecule has 0 spiro atoms. The molecule has 3 rings (SSSR count). The average molecular weight is 445 g/mol. The van der Waals surface area contributed by atoms with E-state index in [1.807, 2.05) is 0 Å². The molecule has 3 nitrogen and oxygen atoms in total. The molecule has 9 heteroatoms. The fraction of sp³-hybridized carbons (Fsp3) is 0.409. The number of alkyl halides is 6. The molecule has 1 heterocycles. The molecule has 1 N–H and O–H groups in total. The van der Waals surface area contributed by atoms with E-state index in [2.05, 4.69) is 0 Å². The summed E-state index contributed by atoms with van der Waals surface area (Å²) < 4.78 is 79.6. The molecule has 0 fully saturated rings. The minimum Gasteiger partial charge on any atom is -0.369 e. The third-order valence-electron chi connectivity index (χ3n) is 5.62. The van der Waals surface area contributed by atoms with Crippen LogP contribution in [0.4, 0.5) is 32.0 Å². The maximum absolute atomic E-state index is 13.3. The maximum Gasteiger partial charge on any atom is 0.430 e. The minimum atomic E-state index is -5.96. The molecule has 0 saturated heterocycles. The van der Waals surface area contributed by atoms with Crippen molar-refractivity contribution >= 4 is 11.6 Å². The van der Waals surface area contributed by atoms with Crippen molar-refractivity contribution in [2.24, 2.45) is 0 Å². The zero-order valence-corrected chi connectivity index (χ0v) is 16.6. The number of hydrogen-bond donors (Lipinski definition) is 1. The Morgan fingerprint density at radius 1 is 0.968 bits per heavy atom. The van der Waals surface area contributed by atoms with Gasteiger partial charge in [0.1, 0.15) is 0 Å². The Bertz CT molecular complexity index is 925. The second kappa shape index (κ2) is 8.18. The van der Waals surface area contributed by atoms with Crippen LogP contribution in [-0.2, 0) is 16.8 Å². The smallest absolute Gasteiger partial charge is 0.369 e. The summed E-state index contributed by atoms with van der Waals surface area (Å²) in [6.07, 6.45) is -10.7. The number of carbonyl (C=O) groups is 1. The second-order valence-electron chi connectivity index (χ2n) is 7.63. The predicted octanol–water partition coefficient (Wildman–Crippen LogP) is 5.47. The molecule has 0 radical (unpaired) electrons. The third-order valence-corrected chi connectivity index (χ3v) is 5.62. The molecule has 0 aliphatic carbocycles. The van der Waals surface area contributed by atoms with Crippen molar-refractivity contribution in [3.05, 3.63) is 65.2 Å². The summed E-state index contributed by atoms with van der Waals surface area (Å²) in [6.45, 7) is 1.99. The van der Waals surface area contributed by atoms with Crippen molar-refractivity contribution in [3.8, 4) is 0 Å². The van der Waals surface area contributed by atoms with Gasteiger partial charge in [-0.05, 0) is 43.4 Å². The minimum absolute atomic E-state index is 0.163. The number of hydrogen-bond acceptors (Lipinski definition) is 2. The summed E-state index contributed by atoms with van der Waals surface area (Å²) in [5, 5.41) is 9.71. The first kappa shape index (κ1) is 23.1. The fourth-order valence-electron chi connectivity index (χ4n) is 3.81. The number of amides is 1. The molecular weight excluding hydrogens is 424 g/mol. The van der Waals surface area contributed by atoms with Gasteiger partial charge in [-0.2, -0.15) is 26.3 Å². The number of aliphatic hydroxyl groups is 1. The van der Waals surface area contributed by atoms with Gasteiger partial charge in [0, 0.05) is 17.8 Å². The Morgan fingerprint density at radius 2 is 1.58 bits per heavy atom. The maximum atomic E-state index is 13.3. The Labute approximate surface area is 175 Å². The SMILES string of the molecule is C[C@H](C(=O)N1CCCCc2cc(C(O)(C(F)(F)F)C(F)(F)F)ccc21)c1ccccc1. The van der Waals surface area contributed by atoms with Gasteiger partial charge in [0.15, 0.2) is 0 Å². The van der Waals surface area contributed by atoms with Crippen LogP contribution >= 0.6 is 0 Å². The summed E-state index contributed by atoms with van der Waals surface area (Å²) in [5.41, 5.74) is -5.13. The lowest BCUT2D eigenvalue weighted by Gasteiger charge is -2.33. The quantitative estimate of drug-likeness (QED) is 0.637. The summed E-state index contributed by atoms with van der Waals surface area (Å²) in [7, 11) is 0. The second-order valence-corrected chi connectivity index (χ2v) is 7.63. The van der Waals surface area contributed by atoms with Gasteiger partial charge in [-0.15, -0.1) is 0 Å². The lowest BCUT2D eigenvalue weighted by Crippen LogP contribution is -2.54. The number of rotatable bonds is 3. The Balaban J connectivity index is 2.04. The molecule has 1 amide bonds. The van der Waals surface area contributed by atoms with Crippen LogP contribution in [-0.4, -0.2) is 29.9 Å². The van der Waals surface area contributed by atoms with Crippen molar-refractivity contribution in [2.75, 3.05) is 11.4 Å². The van der Waals surface area contributed by atoms with E-state index < -0.39 is 29.4 Å². The zero-order valence-electron chi connectivity index (χ0n) is 16.6. The van der Waals surface area contributed by atoms with Crippen molar-refractivity contribution in [1.82, 2.24) is 0 Å². The molecule has 0 aromatic heterocycles. The highest BCUT2D eigenvalue weighted by atomic mass is 19.4. The van der Waals surface area contributed by atoms with Crippen LogP contribution < -0.4 is 4.90 Å². The number of halogens is 6. The molecule has 0 saturated carbocycles. The summed E-state index contributed by atoms with van der Waals surface area (Å²) in [4.78, 5) is 14.5. The third kappa shape index (κ3) is 4.15. The molecule has 2 aromatic rings. The fourth-order valence-corrected chi connectivity index (χ4v) is 3.81. The van der Waals surface area contributed by atoms with Gasteiger partial charge in [0.2, 0.25) is 5.91 Å². The van der Waals surface area contributed by atoms with E-state index in [1.54, 1.807) is 37.3 Å². The van der Waals surface area contributed by atoms with E-state index in [9.17, 15) is 36.2 Å². The van der Waals surface area contributed by atoms with E-state index in [0.29, 0.717) is 25.5 Å².